The van der Waals surface area contributed by atoms with Crippen molar-refractivity contribution >= 4 is 11.4 Å². The summed E-state index contributed by atoms with van der Waals surface area (Å²) in [5.41, 5.74) is 3.92. The molecule has 132 valence electrons. The SMILES string of the molecule is Cc1cccn2ncc(C(=O)N3C[C@@H]4CNC[C@@H]4[C@H]3c3ccccc3)c12. The number of aryl methyl sites for hydroxylation is 1. The molecule has 3 aromatic rings. The highest BCUT2D eigenvalue weighted by molar-refractivity contribution is 6.01. The minimum atomic E-state index is 0.0950. The normalized spacial score (nSPS) is 25.0. The largest absolute Gasteiger partial charge is 0.331 e. The number of pyridine rings is 1. The molecule has 1 amide bonds. The number of carbonyl (C=O) groups excluding carboxylic acids is 1. The summed E-state index contributed by atoms with van der Waals surface area (Å²) in [6, 6.07) is 14.6. The number of likely N-dealkylation sites (tertiary alicyclic amines) is 1. The highest BCUT2D eigenvalue weighted by atomic mass is 16.2. The lowest BCUT2D eigenvalue weighted by Crippen LogP contribution is -2.34. The van der Waals surface area contributed by atoms with Crippen LogP contribution in [0, 0.1) is 18.8 Å². The van der Waals surface area contributed by atoms with Gasteiger partial charge in [-0.25, -0.2) is 4.52 Å². The molecule has 5 nitrogen and oxygen atoms in total. The molecule has 2 fully saturated rings. The highest BCUT2D eigenvalue weighted by Crippen LogP contribution is 2.43. The van der Waals surface area contributed by atoms with Gasteiger partial charge in [-0.05, 0) is 30.0 Å². The fraction of sp³-hybridized carbons (Fsp3) is 0.333. The fourth-order valence-corrected chi connectivity index (χ4v) is 4.73. The predicted molar refractivity (Wildman–Crippen MR) is 100.0 cm³/mol. The molecule has 0 radical (unpaired) electrons. The second-order valence-corrected chi connectivity index (χ2v) is 7.44. The van der Waals surface area contributed by atoms with Crippen LogP contribution in [-0.2, 0) is 0 Å². The maximum absolute atomic E-state index is 13.5. The molecular formula is C21H22N4O. The summed E-state index contributed by atoms with van der Waals surface area (Å²) >= 11 is 0. The quantitative estimate of drug-likeness (QED) is 0.776. The van der Waals surface area contributed by atoms with Crippen LogP contribution in [0.1, 0.15) is 27.5 Å². The van der Waals surface area contributed by atoms with Gasteiger partial charge in [-0.2, -0.15) is 5.10 Å². The summed E-state index contributed by atoms with van der Waals surface area (Å²) in [7, 11) is 0. The molecular weight excluding hydrogens is 324 g/mol. The summed E-state index contributed by atoms with van der Waals surface area (Å²) in [5, 5.41) is 7.90. The van der Waals surface area contributed by atoms with Gasteiger partial charge in [0.05, 0.1) is 23.3 Å². The molecule has 26 heavy (non-hydrogen) atoms. The number of hydrogen-bond acceptors (Lipinski definition) is 3. The van der Waals surface area contributed by atoms with Crippen molar-refractivity contribution < 1.29 is 4.79 Å². The number of amides is 1. The van der Waals surface area contributed by atoms with Crippen molar-refractivity contribution in [2.24, 2.45) is 11.8 Å². The molecule has 2 aromatic heterocycles. The van der Waals surface area contributed by atoms with E-state index in [0.717, 1.165) is 30.7 Å². The van der Waals surface area contributed by atoms with E-state index < -0.39 is 0 Å². The smallest absolute Gasteiger partial charge is 0.258 e. The molecule has 4 heterocycles. The van der Waals surface area contributed by atoms with Gasteiger partial charge in [-0.15, -0.1) is 0 Å². The number of fused-ring (bicyclic) bond motifs is 2. The third-order valence-electron chi connectivity index (χ3n) is 5.94. The molecule has 0 saturated carbocycles. The van der Waals surface area contributed by atoms with Crippen LogP contribution in [0.4, 0.5) is 0 Å². The Morgan fingerprint density at radius 2 is 2.00 bits per heavy atom. The van der Waals surface area contributed by atoms with Gasteiger partial charge < -0.3 is 10.2 Å². The fourth-order valence-electron chi connectivity index (χ4n) is 4.73. The first-order valence-corrected chi connectivity index (χ1v) is 9.23. The van der Waals surface area contributed by atoms with E-state index >= 15 is 0 Å². The van der Waals surface area contributed by atoms with Crippen LogP contribution in [0.3, 0.4) is 0 Å². The molecule has 2 aliphatic heterocycles. The van der Waals surface area contributed by atoms with E-state index in [1.807, 2.05) is 31.3 Å². The number of hydrogen-bond donors (Lipinski definition) is 1. The summed E-state index contributed by atoms with van der Waals surface area (Å²) in [6.45, 7) is 4.80. The van der Waals surface area contributed by atoms with Gasteiger partial charge in [-0.3, -0.25) is 4.79 Å². The second-order valence-electron chi connectivity index (χ2n) is 7.44. The van der Waals surface area contributed by atoms with Gasteiger partial charge in [0, 0.05) is 31.7 Å². The third-order valence-corrected chi connectivity index (χ3v) is 5.94. The van der Waals surface area contributed by atoms with E-state index in [1.165, 1.54) is 5.56 Å². The molecule has 0 aliphatic carbocycles. The van der Waals surface area contributed by atoms with Crippen molar-refractivity contribution in [3.63, 3.8) is 0 Å². The first-order chi connectivity index (χ1) is 12.7. The minimum Gasteiger partial charge on any atom is -0.331 e. The molecule has 5 heteroatoms. The molecule has 1 aromatic carbocycles. The Morgan fingerprint density at radius 1 is 1.15 bits per heavy atom. The first kappa shape index (κ1) is 15.6. The Hall–Kier alpha value is -2.66. The zero-order valence-corrected chi connectivity index (χ0v) is 14.8. The lowest BCUT2D eigenvalue weighted by molar-refractivity contribution is 0.0716. The molecule has 0 unspecified atom stereocenters. The van der Waals surface area contributed by atoms with Crippen LogP contribution < -0.4 is 5.32 Å². The van der Waals surface area contributed by atoms with E-state index in [2.05, 4.69) is 39.6 Å². The lowest BCUT2D eigenvalue weighted by atomic mass is 9.89. The minimum absolute atomic E-state index is 0.0950. The standard InChI is InChI=1S/C21H22N4O/c1-14-6-5-9-25-19(14)18(12-23-25)21(26)24-13-16-10-22-11-17(16)20(24)15-7-3-2-4-8-15/h2-9,12,16-17,20,22H,10-11,13H2,1H3/t16-,17-,20+/m0/s1. The lowest BCUT2D eigenvalue weighted by Gasteiger charge is -2.28. The maximum Gasteiger partial charge on any atom is 0.258 e. The van der Waals surface area contributed by atoms with Gasteiger partial charge in [0.1, 0.15) is 0 Å². The van der Waals surface area contributed by atoms with Gasteiger partial charge in [0.2, 0.25) is 0 Å². The van der Waals surface area contributed by atoms with Gasteiger partial charge in [-0.1, -0.05) is 36.4 Å². The van der Waals surface area contributed by atoms with Crippen molar-refractivity contribution in [3.05, 3.63) is 71.5 Å². The molecule has 2 aliphatic rings. The van der Waals surface area contributed by atoms with Gasteiger partial charge in [0.15, 0.2) is 0 Å². The second kappa shape index (κ2) is 5.95. The predicted octanol–water partition coefficient (Wildman–Crippen LogP) is 2.68. The monoisotopic (exact) mass is 346 g/mol. The van der Waals surface area contributed by atoms with Crippen molar-refractivity contribution in [1.29, 1.82) is 0 Å². The van der Waals surface area contributed by atoms with Crippen LogP contribution in [0.15, 0.2) is 54.9 Å². The summed E-state index contributed by atoms with van der Waals surface area (Å²) in [5.74, 6) is 1.09. The summed E-state index contributed by atoms with van der Waals surface area (Å²) in [4.78, 5) is 15.6. The van der Waals surface area contributed by atoms with Crippen LogP contribution in [0.25, 0.3) is 5.52 Å². The molecule has 0 bridgehead atoms. The summed E-state index contributed by atoms with van der Waals surface area (Å²) < 4.78 is 1.80. The molecule has 0 spiro atoms. The number of carbonyl (C=O) groups is 1. The van der Waals surface area contributed by atoms with E-state index in [9.17, 15) is 4.79 Å². The van der Waals surface area contributed by atoms with Gasteiger partial charge in [0.25, 0.3) is 5.91 Å². The highest BCUT2D eigenvalue weighted by Gasteiger charge is 2.47. The average Bonchev–Trinajstić information content (AvgIpc) is 3.36. The van der Waals surface area contributed by atoms with Crippen molar-refractivity contribution in [2.75, 3.05) is 19.6 Å². The van der Waals surface area contributed by atoms with Crippen LogP contribution in [-0.4, -0.2) is 40.1 Å². The van der Waals surface area contributed by atoms with Crippen LogP contribution >= 0.6 is 0 Å². The first-order valence-electron chi connectivity index (χ1n) is 9.23. The number of benzene rings is 1. The Labute approximate surface area is 152 Å². The zero-order chi connectivity index (χ0) is 17.7. The van der Waals surface area contributed by atoms with E-state index in [1.54, 1.807) is 10.7 Å². The van der Waals surface area contributed by atoms with Crippen LogP contribution in [0.5, 0.6) is 0 Å². The topological polar surface area (TPSA) is 49.6 Å². The third kappa shape index (κ3) is 2.27. The Bertz CT molecular complexity index is 965. The molecule has 2 saturated heterocycles. The molecule has 1 N–H and O–H groups in total. The van der Waals surface area contributed by atoms with Crippen molar-refractivity contribution in [3.8, 4) is 0 Å². The van der Waals surface area contributed by atoms with Crippen molar-refractivity contribution in [2.45, 2.75) is 13.0 Å². The summed E-state index contributed by atoms with van der Waals surface area (Å²) in [6.07, 6.45) is 3.62. The van der Waals surface area contributed by atoms with E-state index in [4.69, 9.17) is 0 Å². The average molecular weight is 346 g/mol. The molecule has 3 atom stereocenters. The van der Waals surface area contributed by atoms with Gasteiger partial charge >= 0.3 is 0 Å². The number of nitrogens with zero attached hydrogens (tertiary/aromatic N) is 3. The number of aromatic nitrogens is 2. The van der Waals surface area contributed by atoms with E-state index in [0.29, 0.717) is 17.4 Å². The number of rotatable bonds is 2. The van der Waals surface area contributed by atoms with Crippen LogP contribution in [0.2, 0.25) is 0 Å². The maximum atomic E-state index is 13.5. The Morgan fingerprint density at radius 3 is 2.85 bits per heavy atom. The number of nitrogens with one attached hydrogen (secondary N) is 1. The Kier molecular flexibility index (Phi) is 3.57. The van der Waals surface area contributed by atoms with Crippen molar-refractivity contribution in [1.82, 2.24) is 19.8 Å². The van der Waals surface area contributed by atoms with E-state index in [-0.39, 0.29) is 11.9 Å². The Balaban J connectivity index is 1.58. The molecule has 5 rings (SSSR count). The zero-order valence-electron chi connectivity index (χ0n) is 14.8.